The smallest absolute Gasteiger partial charge is 0.230 e. The molecule has 0 N–H and O–H groups in total. The Hall–Kier alpha value is -2.21. The Morgan fingerprint density at radius 3 is 2.72 bits per heavy atom. The first-order valence-corrected chi connectivity index (χ1v) is 9.03. The number of rotatable bonds is 4. The van der Waals surface area contributed by atoms with Gasteiger partial charge >= 0.3 is 0 Å². The maximum Gasteiger partial charge on any atom is 0.230 e. The van der Waals surface area contributed by atoms with E-state index in [1.807, 2.05) is 36.5 Å². The Kier molecular flexibility index (Phi) is 4.29. The number of hydrogen-bond acceptors (Lipinski definition) is 4. The molecule has 4 heterocycles. The van der Waals surface area contributed by atoms with Crippen molar-refractivity contribution in [1.82, 2.24) is 24.3 Å². The molecule has 4 rings (SSSR count). The van der Waals surface area contributed by atoms with Crippen LogP contribution < -0.4 is 0 Å². The molecular weight excluding hydrogens is 314 g/mol. The Morgan fingerprint density at radius 2 is 1.96 bits per heavy atom. The number of aromatic nitrogens is 3. The van der Waals surface area contributed by atoms with Crippen molar-refractivity contribution in [2.75, 3.05) is 19.6 Å². The molecule has 1 spiro atoms. The molecule has 1 atom stereocenters. The van der Waals surface area contributed by atoms with Crippen LogP contribution in [0.15, 0.2) is 36.9 Å². The first-order valence-electron chi connectivity index (χ1n) is 9.03. The highest BCUT2D eigenvalue weighted by atomic mass is 16.2. The van der Waals surface area contributed by atoms with Crippen LogP contribution in [0.2, 0.25) is 0 Å². The largest absolute Gasteiger partial charge is 0.338 e. The van der Waals surface area contributed by atoms with Crippen molar-refractivity contribution < 1.29 is 4.79 Å². The standard InChI is InChI=1S/C19H25N5O/c1-22-12-9-21-17(22)14-23-10-2-5-19(15-23)6-11-24(18(19)25)13-16-3-7-20-8-4-16/h3-4,7-9,12H,2,5-6,10-11,13-15H2,1H3. The average Bonchev–Trinajstić information content (AvgIpc) is 3.15. The van der Waals surface area contributed by atoms with Gasteiger partial charge in [0.15, 0.2) is 0 Å². The maximum absolute atomic E-state index is 13.2. The van der Waals surface area contributed by atoms with E-state index in [1.54, 1.807) is 12.4 Å². The van der Waals surface area contributed by atoms with Crippen molar-refractivity contribution >= 4 is 5.91 Å². The molecular formula is C19H25N5O. The van der Waals surface area contributed by atoms with Gasteiger partial charge in [-0.2, -0.15) is 0 Å². The van der Waals surface area contributed by atoms with E-state index in [-0.39, 0.29) is 5.41 Å². The number of piperidine rings is 1. The lowest BCUT2D eigenvalue weighted by Gasteiger charge is -2.38. The number of carbonyl (C=O) groups is 1. The van der Waals surface area contributed by atoms with Crippen LogP contribution in [0.3, 0.4) is 0 Å². The Labute approximate surface area is 148 Å². The van der Waals surface area contributed by atoms with Gasteiger partial charge in [-0.3, -0.25) is 14.7 Å². The van der Waals surface area contributed by atoms with Gasteiger partial charge < -0.3 is 9.47 Å². The van der Waals surface area contributed by atoms with E-state index >= 15 is 0 Å². The lowest BCUT2D eigenvalue weighted by molar-refractivity contribution is -0.139. The molecule has 132 valence electrons. The third-order valence-corrected chi connectivity index (χ3v) is 5.67. The molecule has 2 aliphatic heterocycles. The number of carbonyl (C=O) groups excluding carboxylic acids is 1. The molecule has 0 aliphatic carbocycles. The van der Waals surface area contributed by atoms with Crippen molar-refractivity contribution in [3.63, 3.8) is 0 Å². The molecule has 0 radical (unpaired) electrons. The summed E-state index contributed by atoms with van der Waals surface area (Å²) >= 11 is 0. The molecule has 1 unspecified atom stereocenters. The minimum atomic E-state index is -0.198. The molecule has 25 heavy (non-hydrogen) atoms. The Balaban J connectivity index is 1.44. The van der Waals surface area contributed by atoms with E-state index in [1.165, 1.54) is 0 Å². The fourth-order valence-corrected chi connectivity index (χ4v) is 4.24. The van der Waals surface area contributed by atoms with Gasteiger partial charge in [0.25, 0.3) is 0 Å². The zero-order valence-electron chi connectivity index (χ0n) is 14.8. The summed E-state index contributed by atoms with van der Waals surface area (Å²) < 4.78 is 2.06. The van der Waals surface area contributed by atoms with Crippen LogP contribution in [0.1, 0.15) is 30.7 Å². The van der Waals surface area contributed by atoms with Crippen molar-refractivity contribution in [3.05, 3.63) is 48.3 Å². The van der Waals surface area contributed by atoms with Crippen LogP contribution in [0.4, 0.5) is 0 Å². The molecule has 2 aromatic heterocycles. The molecule has 6 heteroatoms. The SMILES string of the molecule is Cn1ccnc1CN1CCCC2(CCN(Cc3ccncc3)C2=O)C1. The van der Waals surface area contributed by atoms with Crippen LogP contribution in [0.25, 0.3) is 0 Å². The molecule has 0 aromatic carbocycles. The fraction of sp³-hybridized carbons (Fsp3) is 0.526. The van der Waals surface area contributed by atoms with Gasteiger partial charge in [-0.15, -0.1) is 0 Å². The molecule has 0 bridgehead atoms. The second kappa shape index (κ2) is 6.59. The van der Waals surface area contributed by atoms with Crippen molar-refractivity contribution in [3.8, 4) is 0 Å². The van der Waals surface area contributed by atoms with E-state index in [4.69, 9.17) is 0 Å². The number of pyridine rings is 1. The van der Waals surface area contributed by atoms with Crippen LogP contribution in [0.5, 0.6) is 0 Å². The molecule has 2 aromatic rings. The van der Waals surface area contributed by atoms with Gasteiger partial charge in [0.1, 0.15) is 5.82 Å². The summed E-state index contributed by atoms with van der Waals surface area (Å²) in [6.07, 6.45) is 10.5. The number of aryl methyl sites for hydroxylation is 1. The number of hydrogen-bond donors (Lipinski definition) is 0. The predicted octanol–water partition coefficient (Wildman–Crippen LogP) is 1.83. The quantitative estimate of drug-likeness (QED) is 0.853. The van der Waals surface area contributed by atoms with Crippen LogP contribution >= 0.6 is 0 Å². The maximum atomic E-state index is 13.2. The van der Waals surface area contributed by atoms with E-state index < -0.39 is 0 Å². The summed E-state index contributed by atoms with van der Waals surface area (Å²) in [6, 6.07) is 3.99. The monoisotopic (exact) mass is 339 g/mol. The van der Waals surface area contributed by atoms with Gasteiger partial charge in [0.2, 0.25) is 5.91 Å². The van der Waals surface area contributed by atoms with Crippen molar-refractivity contribution in [1.29, 1.82) is 0 Å². The van der Waals surface area contributed by atoms with Crippen molar-refractivity contribution in [2.45, 2.75) is 32.4 Å². The second-order valence-electron chi connectivity index (χ2n) is 7.38. The number of nitrogens with zero attached hydrogens (tertiary/aromatic N) is 5. The zero-order valence-corrected chi connectivity index (χ0v) is 14.8. The van der Waals surface area contributed by atoms with E-state index in [9.17, 15) is 4.79 Å². The summed E-state index contributed by atoms with van der Waals surface area (Å²) in [7, 11) is 2.03. The summed E-state index contributed by atoms with van der Waals surface area (Å²) in [5.41, 5.74) is 0.956. The Bertz CT molecular complexity index is 743. The minimum Gasteiger partial charge on any atom is -0.338 e. The summed E-state index contributed by atoms with van der Waals surface area (Å²) in [6.45, 7) is 4.28. The topological polar surface area (TPSA) is 54.3 Å². The summed E-state index contributed by atoms with van der Waals surface area (Å²) in [4.78, 5) is 26.1. The zero-order chi connectivity index (χ0) is 17.3. The lowest BCUT2D eigenvalue weighted by atomic mass is 9.78. The van der Waals surface area contributed by atoms with Crippen LogP contribution in [-0.4, -0.2) is 49.9 Å². The summed E-state index contributed by atoms with van der Waals surface area (Å²) in [5, 5.41) is 0. The van der Waals surface area contributed by atoms with E-state index in [2.05, 4.69) is 19.4 Å². The van der Waals surface area contributed by atoms with Gasteiger partial charge in [-0.25, -0.2) is 4.98 Å². The molecule has 2 aliphatic rings. The third kappa shape index (κ3) is 3.18. The van der Waals surface area contributed by atoms with E-state index in [0.717, 1.165) is 56.8 Å². The van der Waals surface area contributed by atoms with Crippen molar-refractivity contribution in [2.24, 2.45) is 12.5 Å². The molecule has 1 amide bonds. The van der Waals surface area contributed by atoms with E-state index in [0.29, 0.717) is 12.5 Å². The number of amides is 1. The van der Waals surface area contributed by atoms with Gasteiger partial charge in [-0.1, -0.05) is 0 Å². The van der Waals surface area contributed by atoms with Crippen LogP contribution in [0, 0.1) is 5.41 Å². The van der Waals surface area contributed by atoms with Gasteiger partial charge in [0, 0.05) is 51.5 Å². The average molecular weight is 339 g/mol. The van der Waals surface area contributed by atoms with Gasteiger partial charge in [-0.05, 0) is 43.5 Å². The van der Waals surface area contributed by atoms with Crippen LogP contribution in [-0.2, 0) is 24.9 Å². The Morgan fingerprint density at radius 1 is 1.12 bits per heavy atom. The molecule has 2 fully saturated rings. The highest BCUT2D eigenvalue weighted by Crippen LogP contribution is 2.40. The highest BCUT2D eigenvalue weighted by Gasteiger charge is 2.48. The molecule has 0 saturated carbocycles. The fourth-order valence-electron chi connectivity index (χ4n) is 4.24. The molecule has 6 nitrogen and oxygen atoms in total. The number of likely N-dealkylation sites (tertiary alicyclic amines) is 2. The molecule has 2 saturated heterocycles. The summed E-state index contributed by atoms with van der Waals surface area (Å²) in [5.74, 6) is 1.39. The highest BCUT2D eigenvalue weighted by molar-refractivity contribution is 5.85. The third-order valence-electron chi connectivity index (χ3n) is 5.67. The normalized spacial score (nSPS) is 24.4. The first kappa shape index (κ1) is 16.3. The lowest BCUT2D eigenvalue weighted by Crippen LogP contribution is -2.47. The van der Waals surface area contributed by atoms with Gasteiger partial charge in [0.05, 0.1) is 12.0 Å². The minimum absolute atomic E-state index is 0.198. The predicted molar refractivity (Wildman–Crippen MR) is 94.4 cm³/mol. The number of imidazole rings is 1. The second-order valence-corrected chi connectivity index (χ2v) is 7.38. The first-order chi connectivity index (χ1) is 12.2.